The fourth-order valence-corrected chi connectivity index (χ4v) is 4.98. The third kappa shape index (κ3) is 3.25. The van der Waals surface area contributed by atoms with Crippen molar-refractivity contribution < 1.29 is 0 Å². The second kappa shape index (κ2) is 6.37. The quantitative estimate of drug-likeness (QED) is 0.648. The van der Waals surface area contributed by atoms with Gasteiger partial charge in [0.25, 0.3) is 0 Å². The van der Waals surface area contributed by atoms with Crippen molar-refractivity contribution >= 4 is 41.1 Å². The summed E-state index contributed by atoms with van der Waals surface area (Å²) in [5, 5.41) is 0.822. The molecule has 1 aliphatic heterocycles. The van der Waals surface area contributed by atoms with Gasteiger partial charge in [-0.15, -0.1) is 0 Å². The second-order valence-electron chi connectivity index (χ2n) is 5.45. The van der Waals surface area contributed by atoms with Gasteiger partial charge in [-0.25, -0.2) is 0 Å². The van der Waals surface area contributed by atoms with Crippen molar-refractivity contribution in [1.82, 2.24) is 4.90 Å². The van der Waals surface area contributed by atoms with Gasteiger partial charge in [0, 0.05) is 0 Å². The first kappa shape index (κ1) is 14.9. The van der Waals surface area contributed by atoms with Crippen molar-refractivity contribution in [2.75, 3.05) is 20.6 Å². The molecule has 1 heterocycles. The van der Waals surface area contributed by atoms with E-state index >= 15 is 0 Å². The van der Waals surface area contributed by atoms with Gasteiger partial charge < -0.3 is 0 Å². The molecule has 0 saturated carbocycles. The Balaban J connectivity index is 2.06. The summed E-state index contributed by atoms with van der Waals surface area (Å²) in [6, 6.07) is 15.1. The van der Waals surface area contributed by atoms with E-state index in [-0.39, 0.29) is 0 Å². The zero-order chi connectivity index (χ0) is 14.8. The Morgan fingerprint density at radius 2 is 1.81 bits per heavy atom. The Morgan fingerprint density at radius 1 is 1.05 bits per heavy atom. The van der Waals surface area contributed by atoms with E-state index < -0.39 is 0 Å². The summed E-state index contributed by atoms with van der Waals surface area (Å²) in [4.78, 5) is 2.22. The molecule has 0 fully saturated rings. The molecule has 21 heavy (non-hydrogen) atoms. The molecule has 3 rings (SSSR count). The van der Waals surface area contributed by atoms with Crippen LogP contribution >= 0.6 is 11.6 Å². The van der Waals surface area contributed by atoms with E-state index in [2.05, 4.69) is 61.5 Å². The normalized spacial score (nSPS) is 15.1. The Morgan fingerprint density at radius 3 is 2.62 bits per heavy atom. The molecular weight excluding hydrogens is 345 g/mol. The van der Waals surface area contributed by atoms with Gasteiger partial charge in [-0.1, -0.05) is 0 Å². The number of fused-ring (bicyclic) bond motifs is 2. The molecular formula is C18H18ClNSe. The van der Waals surface area contributed by atoms with Gasteiger partial charge in [-0.05, 0) is 0 Å². The van der Waals surface area contributed by atoms with Gasteiger partial charge in [0.1, 0.15) is 0 Å². The van der Waals surface area contributed by atoms with Crippen LogP contribution in [0.1, 0.15) is 17.5 Å². The summed E-state index contributed by atoms with van der Waals surface area (Å²) in [6.45, 7) is 1.06. The average molecular weight is 363 g/mol. The molecule has 3 heteroatoms. The van der Waals surface area contributed by atoms with Gasteiger partial charge in [0.05, 0.1) is 0 Å². The zero-order valence-electron chi connectivity index (χ0n) is 12.3. The Kier molecular flexibility index (Phi) is 4.51. The summed E-state index contributed by atoms with van der Waals surface area (Å²) in [5.41, 5.74) is 4.05. The van der Waals surface area contributed by atoms with Crippen LogP contribution in [0.3, 0.4) is 0 Å². The maximum atomic E-state index is 6.23. The van der Waals surface area contributed by atoms with Crippen molar-refractivity contribution in [2.24, 2.45) is 0 Å². The molecule has 0 spiro atoms. The number of hydrogen-bond acceptors (Lipinski definition) is 1. The fourth-order valence-electron chi connectivity index (χ4n) is 2.53. The number of hydrogen-bond donors (Lipinski definition) is 0. The van der Waals surface area contributed by atoms with E-state index in [1.165, 1.54) is 25.6 Å². The van der Waals surface area contributed by atoms with E-state index in [0.29, 0.717) is 15.0 Å². The standard InChI is InChI=1S/C18H18ClNSe/c1-20(2)11-5-7-14-15-6-3-4-8-17(15)21-18-10-9-13(19)12-16(14)18/h3-4,6-10,12H,5,11H2,1-2H3/b14-7-. The minimum atomic E-state index is 0.370. The van der Waals surface area contributed by atoms with Crippen LogP contribution in [0.5, 0.6) is 0 Å². The van der Waals surface area contributed by atoms with E-state index in [0.717, 1.165) is 18.0 Å². The molecule has 0 N–H and O–H groups in total. The Labute approximate surface area is 137 Å². The summed E-state index contributed by atoms with van der Waals surface area (Å²) in [6.07, 6.45) is 3.42. The van der Waals surface area contributed by atoms with Gasteiger partial charge in [-0.3, -0.25) is 0 Å². The molecule has 0 bridgehead atoms. The van der Waals surface area contributed by atoms with Crippen LogP contribution in [-0.2, 0) is 0 Å². The van der Waals surface area contributed by atoms with Crippen LogP contribution in [0.15, 0.2) is 48.5 Å². The third-order valence-corrected chi connectivity index (χ3v) is 6.21. The number of rotatable bonds is 3. The third-order valence-electron chi connectivity index (χ3n) is 3.55. The molecule has 0 unspecified atom stereocenters. The van der Waals surface area contributed by atoms with E-state index in [9.17, 15) is 0 Å². The molecule has 108 valence electrons. The van der Waals surface area contributed by atoms with Crippen molar-refractivity contribution in [3.63, 3.8) is 0 Å². The van der Waals surface area contributed by atoms with E-state index in [1.807, 2.05) is 6.07 Å². The van der Waals surface area contributed by atoms with Crippen LogP contribution in [0.4, 0.5) is 0 Å². The summed E-state index contributed by atoms with van der Waals surface area (Å²) in [5.74, 6) is 0. The molecule has 0 aliphatic carbocycles. The van der Waals surface area contributed by atoms with Gasteiger partial charge in [-0.2, -0.15) is 0 Å². The molecule has 0 saturated heterocycles. The molecule has 0 atom stereocenters. The molecule has 1 aliphatic rings. The Bertz CT molecular complexity index is 691. The van der Waals surface area contributed by atoms with Crippen LogP contribution in [-0.4, -0.2) is 40.5 Å². The summed E-state index contributed by atoms with van der Waals surface area (Å²) < 4.78 is 2.90. The minimum absolute atomic E-state index is 0.370. The van der Waals surface area contributed by atoms with Crippen molar-refractivity contribution in [3.05, 3.63) is 64.7 Å². The first-order chi connectivity index (χ1) is 10.1. The van der Waals surface area contributed by atoms with Crippen molar-refractivity contribution in [3.8, 4) is 0 Å². The SMILES string of the molecule is CN(C)CC/C=C1/c2ccccc2[Se]c2ccc(Cl)cc21. The maximum absolute atomic E-state index is 6.23. The number of nitrogens with zero attached hydrogens (tertiary/aromatic N) is 1. The van der Waals surface area contributed by atoms with Crippen LogP contribution in [0.25, 0.3) is 5.57 Å². The molecule has 0 aromatic heterocycles. The van der Waals surface area contributed by atoms with Gasteiger partial charge in [0.2, 0.25) is 0 Å². The van der Waals surface area contributed by atoms with Crippen molar-refractivity contribution in [1.29, 1.82) is 0 Å². The first-order valence-electron chi connectivity index (χ1n) is 7.07. The summed E-state index contributed by atoms with van der Waals surface area (Å²) in [7, 11) is 4.22. The van der Waals surface area contributed by atoms with Crippen LogP contribution in [0, 0.1) is 0 Å². The predicted molar refractivity (Wildman–Crippen MR) is 93.2 cm³/mol. The fraction of sp³-hybridized carbons (Fsp3) is 0.222. The predicted octanol–water partition coefficient (Wildman–Crippen LogP) is 2.69. The molecule has 0 radical (unpaired) electrons. The van der Waals surface area contributed by atoms with Crippen molar-refractivity contribution in [2.45, 2.75) is 6.42 Å². The van der Waals surface area contributed by atoms with Crippen LogP contribution < -0.4 is 8.92 Å². The molecule has 2 aromatic rings. The Hall–Kier alpha value is -1.05. The first-order valence-corrected chi connectivity index (χ1v) is 9.16. The number of halogens is 1. The van der Waals surface area contributed by atoms with E-state index in [1.54, 1.807) is 0 Å². The summed E-state index contributed by atoms with van der Waals surface area (Å²) >= 11 is 6.60. The monoisotopic (exact) mass is 363 g/mol. The zero-order valence-corrected chi connectivity index (χ0v) is 14.7. The topological polar surface area (TPSA) is 3.24 Å². The van der Waals surface area contributed by atoms with Gasteiger partial charge in [0.15, 0.2) is 0 Å². The number of benzene rings is 2. The molecule has 2 aromatic carbocycles. The van der Waals surface area contributed by atoms with E-state index in [4.69, 9.17) is 11.6 Å². The van der Waals surface area contributed by atoms with Crippen LogP contribution in [0.2, 0.25) is 5.02 Å². The second-order valence-corrected chi connectivity index (χ2v) is 8.16. The van der Waals surface area contributed by atoms with Gasteiger partial charge >= 0.3 is 138 Å². The molecule has 1 nitrogen and oxygen atoms in total. The molecule has 0 amide bonds. The average Bonchev–Trinajstić information content (AvgIpc) is 2.46.